The Labute approximate surface area is 117 Å². The second kappa shape index (κ2) is 5.66. The molecule has 0 bridgehead atoms. The predicted molar refractivity (Wildman–Crippen MR) is 69.4 cm³/mol. The molecule has 0 aliphatic carbocycles. The predicted octanol–water partition coefficient (Wildman–Crippen LogP) is 1.09. The van der Waals surface area contributed by atoms with Gasteiger partial charge in [0.15, 0.2) is 0 Å². The number of nitrogens with one attached hydrogen (secondary N) is 1. The second-order valence-corrected chi connectivity index (χ2v) is 5.10. The van der Waals surface area contributed by atoms with E-state index >= 15 is 0 Å². The van der Waals surface area contributed by atoms with Gasteiger partial charge in [0.05, 0.1) is 5.56 Å². The maximum absolute atomic E-state index is 13.7. The van der Waals surface area contributed by atoms with Gasteiger partial charge in [-0.25, -0.2) is 9.18 Å². The van der Waals surface area contributed by atoms with Crippen molar-refractivity contribution < 1.29 is 19.1 Å². The topological polar surface area (TPSA) is 69.6 Å². The smallest absolute Gasteiger partial charge is 0.327 e. The molecule has 1 aliphatic heterocycles. The number of rotatable bonds is 2. The molecular weight excluding hydrogens is 319 g/mol. The molecule has 1 unspecified atom stereocenters. The van der Waals surface area contributed by atoms with Crippen LogP contribution in [0.15, 0.2) is 22.7 Å². The summed E-state index contributed by atoms with van der Waals surface area (Å²) in [5, 5.41) is 12.0. The molecular formula is C12H12BrFN2O3. The Kier molecular flexibility index (Phi) is 4.16. The van der Waals surface area contributed by atoms with Crippen molar-refractivity contribution in [2.24, 2.45) is 0 Å². The average molecular weight is 331 g/mol. The van der Waals surface area contributed by atoms with E-state index in [4.69, 9.17) is 5.11 Å². The molecule has 1 heterocycles. The maximum Gasteiger partial charge on any atom is 0.327 e. The Hall–Kier alpha value is -1.47. The molecule has 19 heavy (non-hydrogen) atoms. The fourth-order valence-electron chi connectivity index (χ4n) is 1.99. The van der Waals surface area contributed by atoms with E-state index in [0.717, 1.165) is 0 Å². The van der Waals surface area contributed by atoms with Gasteiger partial charge in [-0.15, -0.1) is 0 Å². The molecule has 0 radical (unpaired) electrons. The van der Waals surface area contributed by atoms with Crippen molar-refractivity contribution >= 4 is 27.8 Å². The Morgan fingerprint density at radius 3 is 2.84 bits per heavy atom. The monoisotopic (exact) mass is 330 g/mol. The quantitative estimate of drug-likeness (QED) is 0.851. The van der Waals surface area contributed by atoms with Gasteiger partial charge >= 0.3 is 5.97 Å². The molecule has 5 nitrogen and oxygen atoms in total. The van der Waals surface area contributed by atoms with Crippen molar-refractivity contribution in [1.82, 2.24) is 10.2 Å². The molecule has 1 aromatic carbocycles. The highest BCUT2D eigenvalue weighted by molar-refractivity contribution is 9.10. The molecule has 1 saturated heterocycles. The molecule has 0 saturated carbocycles. The largest absolute Gasteiger partial charge is 0.480 e. The molecule has 102 valence electrons. The first-order chi connectivity index (χ1) is 9.00. The fraction of sp³-hybridized carbons (Fsp3) is 0.333. The van der Waals surface area contributed by atoms with Crippen LogP contribution in [0, 0.1) is 5.82 Å². The lowest BCUT2D eigenvalue weighted by atomic mass is 10.1. The van der Waals surface area contributed by atoms with E-state index in [9.17, 15) is 14.0 Å². The Balaban J connectivity index is 2.28. The van der Waals surface area contributed by atoms with Gasteiger partial charge in [-0.1, -0.05) is 15.9 Å². The number of hydrogen-bond donors (Lipinski definition) is 2. The molecule has 0 aromatic heterocycles. The Morgan fingerprint density at radius 1 is 1.47 bits per heavy atom. The number of carbonyl (C=O) groups is 2. The van der Waals surface area contributed by atoms with Gasteiger partial charge in [0.2, 0.25) is 0 Å². The number of amides is 1. The number of carboxylic acid groups (broad SMARTS) is 1. The lowest BCUT2D eigenvalue weighted by molar-refractivity contribution is -0.142. The fourth-order valence-corrected chi connectivity index (χ4v) is 2.32. The molecule has 2 N–H and O–H groups in total. The zero-order valence-corrected chi connectivity index (χ0v) is 11.5. The van der Waals surface area contributed by atoms with E-state index in [2.05, 4.69) is 21.2 Å². The molecule has 1 aliphatic rings. The second-order valence-electron chi connectivity index (χ2n) is 4.18. The molecule has 1 fully saturated rings. The summed E-state index contributed by atoms with van der Waals surface area (Å²) in [6, 6.07) is 3.12. The van der Waals surface area contributed by atoms with Crippen LogP contribution in [-0.4, -0.2) is 47.6 Å². The standard InChI is InChI=1S/C12H12BrFN2O3/c13-7-1-2-8(9(14)5-7)11(17)16-4-3-15-6-10(16)12(18)19/h1-2,5,10,15H,3-4,6H2,(H,18,19). The molecule has 1 aromatic rings. The van der Waals surface area contributed by atoms with Gasteiger partial charge < -0.3 is 15.3 Å². The minimum atomic E-state index is -1.10. The SMILES string of the molecule is O=C(O)C1CNCCN1C(=O)c1ccc(Br)cc1F. The summed E-state index contributed by atoms with van der Waals surface area (Å²) < 4.78 is 14.3. The first-order valence-corrected chi connectivity index (χ1v) is 6.49. The molecule has 1 atom stereocenters. The average Bonchev–Trinajstić information content (AvgIpc) is 2.38. The van der Waals surface area contributed by atoms with Crippen molar-refractivity contribution in [1.29, 1.82) is 0 Å². The maximum atomic E-state index is 13.7. The highest BCUT2D eigenvalue weighted by Crippen LogP contribution is 2.18. The van der Waals surface area contributed by atoms with Crippen molar-refractivity contribution in [2.45, 2.75) is 6.04 Å². The molecule has 1 amide bonds. The van der Waals surface area contributed by atoms with E-state index in [1.165, 1.54) is 17.0 Å². The number of aliphatic carboxylic acids is 1. The Bertz CT molecular complexity index is 524. The van der Waals surface area contributed by atoms with Crippen molar-refractivity contribution in [3.8, 4) is 0 Å². The Morgan fingerprint density at radius 2 is 2.21 bits per heavy atom. The number of nitrogens with zero attached hydrogens (tertiary/aromatic N) is 1. The highest BCUT2D eigenvalue weighted by Gasteiger charge is 2.33. The van der Waals surface area contributed by atoms with Gasteiger partial charge in [0.1, 0.15) is 11.9 Å². The lowest BCUT2D eigenvalue weighted by Crippen LogP contribution is -2.57. The van der Waals surface area contributed by atoms with Crippen LogP contribution in [-0.2, 0) is 4.79 Å². The summed E-state index contributed by atoms with van der Waals surface area (Å²) in [5.41, 5.74) is -0.114. The summed E-state index contributed by atoms with van der Waals surface area (Å²) in [7, 11) is 0. The number of benzene rings is 1. The number of hydrogen-bond acceptors (Lipinski definition) is 3. The van der Waals surface area contributed by atoms with E-state index in [1.807, 2.05) is 0 Å². The van der Waals surface area contributed by atoms with Crippen molar-refractivity contribution in [3.63, 3.8) is 0 Å². The summed E-state index contributed by atoms with van der Waals surface area (Å²) in [5.74, 6) is -2.36. The van der Waals surface area contributed by atoms with Gasteiger partial charge in [0.25, 0.3) is 5.91 Å². The van der Waals surface area contributed by atoms with Crippen LogP contribution in [0.25, 0.3) is 0 Å². The first-order valence-electron chi connectivity index (χ1n) is 5.70. The van der Waals surface area contributed by atoms with Crippen molar-refractivity contribution in [3.05, 3.63) is 34.1 Å². The van der Waals surface area contributed by atoms with Gasteiger partial charge in [0, 0.05) is 24.1 Å². The van der Waals surface area contributed by atoms with E-state index in [0.29, 0.717) is 11.0 Å². The number of carbonyl (C=O) groups excluding carboxylic acids is 1. The van der Waals surface area contributed by atoms with Crippen LogP contribution >= 0.6 is 15.9 Å². The summed E-state index contributed by atoms with van der Waals surface area (Å²) in [6.07, 6.45) is 0. The van der Waals surface area contributed by atoms with Crippen LogP contribution in [0.5, 0.6) is 0 Å². The van der Waals surface area contributed by atoms with Crippen LogP contribution in [0.1, 0.15) is 10.4 Å². The minimum Gasteiger partial charge on any atom is -0.480 e. The number of piperazine rings is 1. The zero-order chi connectivity index (χ0) is 14.0. The first kappa shape index (κ1) is 14.0. The van der Waals surface area contributed by atoms with Crippen molar-refractivity contribution in [2.75, 3.05) is 19.6 Å². The summed E-state index contributed by atoms with van der Waals surface area (Å²) >= 11 is 3.11. The summed E-state index contributed by atoms with van der Waals surface area (Å²) in [4.78, 5) is 24.5. The van der Waals surface area contributed by atoms with Crippen LogP contribution < -0.4 is 5.32 Å². The highest BCUT2D eigenvalue weighted by atomic mass is 79.9. The lowest BCUT2D eigenvalue weighted by Gasteiger charge is -2.33. The third-order valence-electron chi connectivity index (χ3n) is 2.95. The van der Waals surface area contributed by atoms with E-state index in [-0.39, 0.29) is 18.7 Å². The molecule has 7 heteroatoms. The minimum absolute atomic E-state index is 0.114. The molecule has 0 spiro atoms. The normalized spacial score (nSPS) is 19.3. The third-order valence-corrected chi connectivity index (χ3v) is 3.44. The van der Waals surface area contributed by atoms with E-state index in [1.54, 1.807) is 6.07 Å². The summed E-state index contributed by atoms with van der Waals surface area (Å²) in [6.45, 7) is 0.901. The van der Waals surface area contributed by atoms with Gasteiger partial charge in [-0.3, -0.25) is 4.79 Å². The van der Waals surface area contributed by atoms with Crippen LogP contribution in [0.4, 0.5) is 4.39 Å². The number of carboxylic acids is 1. The van der Waals surface area contributed by atoms with E-state index < -0.39 is 23.7 Å². The number of halogens is 2. The van der Waals surface area contributed by atoms with Gasteiger partial charge in [-0.2, -0.15) is 0 Å². The van der Waals surface area contributed by atoms with Crippen LogP contribution in [0.3, 0.4) is 0 Å². The third kappa shape index (κ3) is 2.93. The molecule has 2 rings (SSSR count). The van der Waals surface area contributed by atoms with Crippen LogP contribution in [0.2, 0.25) is 0 Å². The van der Waals surface area contributed by atoms with Gasteiger partial charge in [-0.05, 0) is 18.2 Å². The zero-order valence-electron chi connectivity index (χ0n) is 9.90.